The van der Waals surface area contributed by atoms with Gasteiger partial charge in [0.1, 0.15) is 10.8 Å². The third-order valence-corrected chi connectivity index (χ3v) is 3.83. The lowest BCUT2D eigenvalue weighted by molar-refractivity contribution is 0.623. The topological polar surface area (TPSA) is 36.7 Å². The quantitative estimate of drug-likeness (QED) is 0.841. The minimum Gasteiger partial charge on any atom is -0.248 e. The summed E-state index contributed by atoms with van der Waals surface area (Å²) in [7, 11) is 0. The van der Waals surface area contributed by atoms with Crippen LogP contribution in [0.25, 0.3) is 0 Å². The lowest BCUT2D eigenvalue weighted by Crippen LogP contribution is -1.84. The fourth-order valence-electron chi connectivity index (χ4n) is 1.24. The molecular formula is C12H6BrFN2S. The molecular weight excluding hydrogens is 303 g/mol. The molecule has 0 spiro atoms. The van der Waals surface area contributed by atoms with E-state index in [2.05, 4.69) is 20.9 Å². The molecule has 0 atom stereocenters. The Balaban J connectivity index is 2.34. The van der Waals surface area contributed by atoms with Crippen LogP contribution >= 0.6 is 27.7 Å². The van der Waals surface area contributed by atoms with Crippen LogP contribution in [-0.2, 0) is 0 Å². The van der Waals surface area contributed by atoms with Crippen LogP contribution in [0.4, 0.5) is 4.39 Å². The van der Waals surface area contributed by atoms with E-state index in [0.29, 0.717) is 10.5 Å². The smallest absolute Gasteiger partial charge is 0.125 e. The Morgan fingerprint density at radius 2 is 2.18 bits per heavy atom. The van der Waals surface area contributed by atoms with Gasteiger partial charge >= 0.3 is 0 Å². The third-order valence-electron chi connectivity index (χ3n) is 1.94. The van der Waals surface area contributed by atoms with Crippen LogP contribution in [0.5, 0.6) is 0 Å². The van der Waals surface area contributed by atoms with E-state index in [1.165, 1.54) is 23.9 Å². The number of hydrogen-bond donors (Lipinski definition) is 0. The Hall–Kier alpha value is -1.38. The standard InChI is InChI=1S/C12H6BrFN2S/c13-11-2-1-3-16-12(11)17-10-5-8(7-15)4-9(14)6-10/h1-6H. The van der Waals surface area contributed by atoms with Gasteiger partial charge in [0.2, 0.25) is 0 Å². The molecule has 0 unspecified atom stereocenters. The van der Waals surface area contributed by atoms with Gasteiger partial charge in [-0.25, -0.2) is 9.37 Å². The van der Waals surface area contributed by atoms with Crippen LogP contribution in [0, 0.1) is 17.1 Å². The Kier molecular flexibility index (Phi) is 3.77. The van der Waals surface area contributed by atoms with Gasteiger partial charge in [-0.3, -0.25) is 0 Å². The maximum atomic E-state index is 13.2. The fourth-order valence-corrected chi connectivity index (χ4v) is 2.60. The third kappa shape index (κ3) is 3.05. The van der Waals surface area contributed by atoms with Crippen molar-refractivity contribution in [2.75, 3.05) is 0 Å². The number of aromatic nitrogens is 1. The van der Waals surface area contributed by atoms with Crippen LogP contribution in [-0.4, -0.2) is 4.98 Å². The minimum absolute atomic E-state index is 0.305. The molecule has 0 saturated carbocycles. The van der Waals surface area contributed by atoms with E-state index in [4.69, 9.17) is 5.26 Å². The van der Waals surface area contributed by atoms with Gasteiger partial charge < -0.3 is 0 Å². The summed E-state index contributed by atoms with van der Waals surface area (Å²) in [5.74, 6) is -0.418. The maximum Gasteiger partial charge on any atom is 0.125 e. The summed E-state index contributed by atoms with van der Waals surface area (Å²) in [6, 6.07) is 9.81. The van der Waals surface area contributed by atoms with E-state index in [9.17, 15) is 4.39 Å². The number of halogens is 2. The van der Waals surface area contributed by atoms with Gasteiger partial charge in [-0.15, -0.1) is 0 Å². The molecule has 17 heavy (non-hydrogen) atoms. The molecule has 0 N–H and O–H groups in total. The zero-order valence-electron chi connectivity index (χ0n) is 8.52. The Morgan fingerprint density at radius 3 is 2.88 bits per heavy atom. The Labute approximate surface area is 111 Å². The molecule has 0 amide bonds. The number of benzene rings is 1. The van der Waals surface area contributed by atoms with Crippen molar-refractivity contribution >= 4 is 27.7 Å². The molecule has 1 aromatic carbocycles. The summed E-state index contributed by atoms with van der Waals surface area (Å²) in [5, 5.41) is 9.49. The van der Waals surface area contributed by atoms with Crippen molar-refractivity contribution in [3.05, 3.63) is 52.4 Å². The molecule has 84 valence electrons. The molecule has 2 nitrogen and oxygen atoms in total. The summed E-state index contributed by atoms with van der Waals surface area (Å²) in [6.45, 7) is 0. The highest BCUT2D eigenvalue weighted by Gasteiger charge is 2.06. The van der Waals surface area contributed by atoms with E-state index >= 15 is 0 Å². The van der Waals surface area contributed by atoms with E-state index in [0.717, 1.165) is 9.50 Å². The molecule has 0 radical (unpaired) electrons. The Morgan fingerprint density at radius 1 is 1.35 bits per heavy atom. The highest BCUT2D eigenvalue weighted by Crippen LogP contribution is 2.32. The summed E-state index contributed by atoms with van der Waals surface area (Å²) < 4.78 is 14.1. The van der Waals surface area contributed by atoms with Crippen LogP contribution in [0.15, 0.2) is 50.9 Å². The molecule has 1 aromatic heterocycles. The molecule has 0 aliphatic rings. The minimum atomic E-state index is -0.418. The van der Waals surface area contributed by atoms with Gasteiger partial charge in [0.15, 0.2) is 0 Å². The predicted octanol–water partition coefficient (Wildman–Crippen LogP) is 4.01. The van der Waals surface area contributed by atoms with Crippen molar-refractivity contribution in [3.8, 4) is 6.07 Å². The molecule has 0 aliphatic heterocycles. The van der Waals surface area contributed by atoms with Gasteiger partial charge in [-0.05, 0) is 46.3 Å². The van der Waals surface area contributed by atoms with Crippen LogP contribution < -0.4 is 0 Å². The first-order chi connectivity index (χ1) is 8.19. The van der Waals surface area contributed by atoms with E-state index in [1.807, 2.05) is 12.1 Å². The molecule has 2 rings (SSSR count). The number of hydrogen-bond acceptors (Lipinski definition) is 3. The summed E-state index contributed by atoms with van der Waals surface area (Å²) >= 11 is 4.67. The number of pyridine rings is 1. The number of nitriles is 1. The number of nitrogens with zero attached hydrogens (tertiary/aromatic N) is 2. The van der Waals surface area contributed by atoms with Crippen LogP contribution in [0.2, 0.25) is 0 Å². The molecule has 2 aromatic rings. The maximum absolute atomic E-state index is 13.2. The van der Waals surface area contributed by atoms with Crippen molar-refractivity contribution in [1.29, 1.82) is 5.26 Å². The van der Waals surface area contributed by atoms with Crippen LogP contribution in [0.1, 0.15) is 5.56 Å². The van der Waals surface area contributed by atoms with Gasteiger partial charge in [0.25, 0.3) is 0 Å². The summed E-state index contributed by atoms with van der Waals surface area (Å²) in [4.78, 5) is 4.82. The monoisotopic (exact) mass is 308 g/mol. The van der Waals surface area contributed by atoms with Crippen molar-refractivity contribution in [1.82, 2.24) is 4.98 Å². The largest absolute Gasteiger partial charge is 0.248 e. The first-order valence-corrected chi connectivity index (χ1v) is 6.29. The summed E-state index contributed by atoms with van der Waals surface area (Å²) in [5.41, 5.74) is 0.305. The lowest BCUT2D eigenvalue weighted by atomic mass is 10.2. The SMILES string of the molecule is N#Cc1cc(F)cc(Sc2ncccc2Br)c1. The van der Waals surface area contributed by atoms with Gasteiger partial charge in [0.05, 0.1) is 16.1 Å². The second kappa shape index (κ2) is 5.30. The second-order valence-corrected chi connectivity index (χ2v) is 5.10. The van der Waals surface area contributed by atoms with E-state index in [-0.39, 0.29) is 0 Å². The molecule has 0 saturated heterocycles. The van der Waals surface area contributed by atoms with Crippen molar-refractivity contribution in [3.63, 3.8) is 0 Å². The average molecular weight is 309 g/mol. The highest BCUT2D eigenvalue weighted by molar-refractivity contribution is 9.10. The highest BCUT2D eigenvalue weighted by atomic mass is 79.9. The Bertz CT molecular complexity index is 595. The average Bonchev–Trinajstić information content (AvgIpc) is 2.31. The summed E-state index contributed by atoms with van der Waals surface area (Å²) in [6.07, 6.45) is 1.66. The molecule has 0 fully saturated rings. The molecule has 0 aliphatic carbocycles. The zero-order valence-corrected chi connectivity index (χ0v) is 10.9. The van der Waals surface area contributed by atoms with Gasteiger partial charge in [0, 0.05) is 11.1 Å². The zero-order chi connectivity index (χ0) is 12.3. The molecule has 1 heterocycles. The van der Waals surface area contributed by atoms with E-state index in [1.54, 1.807) is 18.3 Å². The fraction of sp³-hybridized carbons (Fsp3) is 0. The number of rotatable bonds is 2. The van der Waals surface area contributed by atoms with Crippen molar-refractivity contribution in [2.45, 2.75) is 9.92 Å². The molecule has 5 heteroatoms. The molecule has 0 bridgehead atoms. The lowest BCUT2D eigenvalue weighted by Gasteiger charge is -2.03. The van der Waals surface area contributed by atoms with Crippen molar-refractivity contribution < 1.29 is 4.39 Å². The van der Waals surface area contributed by atoms with Crippen LogP contribution in [0.3, 0.4) is 0 Å². The van der Waals surface area contributed by atoms with E-state index < -0.39 is 5.82 Å². The van der Waals surface area contributed by atoms with Gasteiger partial charge in [-0.2, -0.15) is 5.26 Å². The second-order valence-electron chi connectivity index (χ2n) is 3.18. The van der Waals surface area contributed by atoms with Crippen molar-refractivity contribution in [2.24, 2.45) is 0 Å². The normalized spacial score (nSPS) is 9.94. The predicted molar refractivity (Wildman–Crippen MR) is 67.2 cm³/mol. The van der Waals surface area contributed by atoms with Gasteiger partial charge in [-0.1, -0.05) is 11.8 Å². The first-order valence-electron chi connectivity index (χ1n) is 4.68. The first kappa shape index (κ1) is 12.1.